The molecule has 0 saturated carbocycles. The maximum Gasteiger partial charge on any atom is 0.319 e. The molecule has 8 heteroatoms. The molecule has 31 heavy (non-hydrogen) atoms. The van der Waals surface area contributed by atoms with Gasteiger partial charge in [-0.3, -0.25) is 4.79 Å². The van der Waals surface area contributed by atoms with Crippen LogP contribution in [0.5, 0.6) is 17.2 Å². The number of hydrogen-bond donors (Lipinski definition) is 3. The highest BCUT2D eigenvalue weighted by molar-refractivity contribution is 6.07. The van der Waals surface area contributed by atoms with Gasteiger partial charge in [0, 0.05) is 23.0 Å². The van der Waals surface area contributed by atoms with Gasteiger partial charge in [-0.05, 0) is 50.1 Å². The molecule has 0 aromatic heterocycles. The van der Waals surface area contributed by atoms with Crippen LogP contribution in [0.15, 0.2) is 41.6 Å². The first-order chi connectivity index (χ1) is 14.8. The van der Waals surface area contributed by atoms with E-state index in [4.69, 9.17) is 14.2 Å². The van der Waals surface area contributed by atoms with Crippen molar-refractivity contribution in [1.29, 1.82) is 0 Å². The van der Waals surface area contributed by atoms with E-state index in [0.29, 0.717) is 39.8 Å². The van der Waals surface area contributed by atoms with Crippen molar-refractivity contribution < 1.29 is 23.8 Å². The molecule has 0 radical (unpaired) electrons. The minimum Gasteiger partial charge on any atom is -0.496 e. The van der Waals surface area contributed by atoms with Gasteiger partial charge in [-0.25, -0.2) is 4.79 Å². The summed E-state index contributed by atoms with van der Waals surface area (Å²) in [7, 11) is 4.55. The third-order valence-corrected chi connectivity index (χ3v) is 5.33. The molecule has 2 aromatic rings. The number of ether oxygens (including phenoxy) is 3. The average molecular weight is 425 g/mol. The first kappa shape index (κ1) is 22.0. The fourth-order valence-corrected chi connectivity index (χ4v) is 3.52. The predicted molar refractivity (Wildman–Crippen MR) is 118 cm³/mol. The SMILES string of the molecule is COc1cc(OC)c(C2NC(=O)NC(C)=C2C(=O)Nc2ccc(C)c(C)c2)cc1OC. The highest BCUT2D eigenvalue weighted by Gasteiger charge is 2.34. The number of methoxy groups -OCH3 is 3. The normalized spacial score (nSPS) is 15.7. The van der Waals surface area contributed by atoms with Crippen molar-refractivity contribution in [1.82, 2.24) is 10.6 Å². The Bertz CT molecular complexity index is 1060. The average Bonchev–Trinajstić information content (AvgIpc) is 2.74. The molecule has 0 spiro atoms. The summed E-state index contributed by atoms with van der Waals surface area (Å²) in [5, 5.41) is 8.42. The van der Waals surface area contributed by atoms with Gasteiger partial charge in [-0.2, -0.15) is 0 Å². The molecule has 1 aliphatic rings. The van der Waals surface area contributed by atoms with E-state index < -0.39 is 12.1 Å². The van der Waals surface area contributed by atoms with Crippen LogP contribution in [-0.4, -0.2) is 33.3 Å². The van der Waals surface area contributed by atoms with Crippen LogP contribution in [-0.2, 0) is 4.79 Å². The van der Waals surface area contributed by atoms with E-state index >= 15 is 0 Å². The smallest absolute Gasteiger partial charge is 0.319 e. The molecule has 0 aliphatic carbocycles. The van der Waals surface area contributed by atoms with Gasteiger partial charge in [0.15, 0.2) is 11.5 Å². The number of carbonyl (C=O) groups excluding carboxylic acids is 2. The Morgan fingerprint density at radius 3 is 2.16 bits per heavy atom. The van der Waals surface area contributed by atoms with Crippen LogP contribution in [0.2, 0.25) is 0 Å². The molecule has 0 bridgehead atoms. The van der Waals surface area contributed by atoms with E-state index in [-0.39, 0.29) is 5.91 Å². The molecule has 164 valence electrons. The number of amides is 3. The molecule has 1 aliphatic heterocycles. The summed E-state index contributed by atoms with van der Waals surface area (Å²) in [6.45, 7) is 5.68. The molecule has 3 N–H and O–H groups in total. The second-order valence-corrected chi connectivity index (χ2v) is 7.27. The molecule has 3 rings (SSSR count). The van der Waals surface area contributed by atoms with Crippen LogP contribution in [0.3, 0.4) is 0 Å². The van der Waals surface area contributed by atoms with E-state index in [2.05, 4.69) is 16.0 Å². The molecule has 1 heterocycles. The maximum atomic E-state index is 13.3. The van der Waals surface area contributed by atoms with Gasteiger partial charge in [0.1, 0.15) is 5.75 Å². The van der Waals surface area contributed by atoms with E-state index in [9.17, 15) is 9.59 Å². The summed E-state index contributed by atoms with van der Waals surface area (Å²) in [4.78, 5) is 25.5. The van der Waals surface area contributed by atoms with Crippen LogP contribution in [0.4, 0.5) is 10.5 Å². The van der Waals surface area contributed by atoms with Crippen molar-refractivity contribution in [3.8, 4) is 17.2 Å². The fraction of sp³-hybridized carbons (Fsp3) is 0.304. The van der Waals surface area contributed by atoms with Crippen LogP contribution < -0.4 is 30.2 Å². The predicted octanol–water partition coefficient (Wildman–Crippen LogP) is 3.60. The summed E-state index contributed by atoms with van der Waals surface area (Å²) in [6.07, 6.45) is 0. The Kier molecular flexibility index (Phi) is 6.39. The van der Waals surface area contributed by atoms with Gasteiger partial charge in [-0.15, -0.1) is 0 Å². The topological polar surface area (TPSA) is 97.9 Å². The largest absolute Gasteiger partial charge is 0.496 e. The molecule has 3 amide bonds. The zero-order valence-corrected chi connectivity index (χ0v) is 18.5. The number of nitrogens with one attached hydrogen (secondary N) is 3. The lowest BCUT2D eigenvalue weighted by atomic mass is 9.93. The van der Waals surface area contributed by atoms with Crippen molar-refractivity contribution >= 4 is 17.6 Å². The molecule has 8 nitrogen and oxygen atoms in total. The van der Waals surface area contributed by atoms with E-state index in [1.165, 1.54) is 21.3 Å². The summed E-state index contributed by atoms with van der Waals surface area (Å²) >= 11 is 0. The second-order valence-electron chi connectivity index (χ2n) is 7.27. The van der Waals surface area contributed by atoms with Gasteiger partial charge in [0.05, 0.1) is 32.9 Å². The molecular formula is C23H27N3O5. The van der Waals surface area contributed by atoms with Crippen molar-refractivity contribution in [3.05, 3.63) is 58.3 Å². The minimum absolute atomic E-state index is 0.338. The summed E-state index contributed by atoms with van der Waals surface area (Å²) in [5.74, 6) is 1.05. The van der Waals surface area contributed by atoms with E-state index in [1.54, 1.807) is 19.1 Å². The number of urea groups is 1. The Morgan fingerprint density at radius 2 is 1.55 bits per heavy atom. The van der Waals surface area contributed by atoms with Crippen molar-refractivity contribution in [2.75, 3.05) is 26.6 Å². The van der Waals surface area contributed by atoms with Gasteiger partial charge in [0.25, 0.3) is 5.91 Å². The van der Waals surface area contributed by atoms with Crippen molar-refractivity contribution in [3.63, 3.8) is 0 Å². The number of benzene rings is 2. The number of aryl methyl sites for hydroxylation is 2. The molecule has 0 fully saturated rings. The zero-order valence-electron chi connectivity index (χ0n) is 18.5. The van der Waals surface area contributed by atoms with Gasteiger partial charge < -0.3 is 30.2 Å². The highest BCUT2D eigenvalue weighted by Crippen LogP contribution is 2.40. The maximum absolute atomic E-state index is 13.3. The highest BCUT2D eigenvalue weighted by atomic mass is 16.5. The van der Waals surface area contributed by atoms with Gasteiger partial charge in [0.2, 0.25) is 0 Å². The Hall–Kier alpha value is -3.68. The quantitative estimate of drug-likeness (QED) is 0.657. The standard InChI is InChI=1S/C23H27N3O5/c1-12-7-8-15(9-13(12)2)25-22(27)20-14(3)24-23(28)26-21(20)16-10-18(30-5)19(31-6)11-17(16)29-4/h7-11,21H,1-6H3,(H,25,27)(H2,24,26,28). The monoisotopic (exact) mass is 425 g/mol. The molecule has 1 atom stereocenters. The van der Waals surface area contributed by atoms with Crippen LogP contribution in [0.25, 0.3) is 0 Å². The lowest BCUT2D eigenvalue weighted by Crippen LogP contribution is -2.46. The molecular weight excluding hydrogens is 398 g/mol. The lowest BCUT2D eigenvalue weighted by Gasteiger charge is -2.30. The fourth-order valence-electron chi connectivity index (χ4n) is 3.52. The zero-order chi connectivity index (χ0) is 22.7. The second kappa shape index (κ2) is 8.99. The van der Waals surface area contributed by atoms with Gasteiger partial charge in [-0.1, -0.05) is 6.07 Å². The Labute approximate surface area is 181 Å². The number of carbonyl (C=O) groups is 2. The molecule has 2 aromatic carbocycles. The first-order valence-corrected chi connectivity index (χ1v) is 9.75. The van der Waals surface area contributed by atoms with E-state index in [0.717, 1.165) is 11.1 Å². The van der Waals surface area contributed by atoms with Crippen LogP contribution in [0, 0.1) is 13.8 Å². The molecule has 0 saturated heterocycles. The number of rotatable bonds is 6. The van der Waals surface area contributed by atoms with Crippen molar-refractivity contribution in [2.45, 2.75) is 26.8 Å². The van der Waals surface area contributed by atoms with E-state index in [1.807, 2.05) is 32.0 Å². The van der Waals surface area contributed by atoms with Crippen molar-refractivity contribution in [2.24, 2.45) is 0 Å². The minimum atomic E-state index is -0.755. The molecule has 1 unspecified atom stereocenters. The number of anilines is 1. The summed E-state index contributed by atoms with van der Waals surface area (Å²) in [6, 6.07) is 7.89. The summed E-state index contributed by atoms with van der Waals surface area (Å²) < 4.78 is 16.3. The third kappa shape index (κ3) is 4.42. The Morgan fingerprint density at radius 1 is 0.903 bits per heavy atom. The van der Waals surface area contributed by atoms with Crippen LogP contribution in [0.1, 0.15) is 29.7 Å². The number of allylic oxidation sites excluding steroid dienone is 1. The third-order valence-electron chi connectivity index (χ3n) is 5.33. The lowest BCUT2D eigenvalue weighted by molar-refractivity contribution is -0.113. The number of hydrogen-bond acceptors (Lipinski definition) is 5. The van der Waals surface area contributed by atoms with Crippen LogP contribution >= 0.6 is 0 Å². The van der Waals surface area contributed by atoms with Gasteiger partial charge >= 0.3 is 6.03 Å². The Balaban J connectivity index is 2.06. The first-order valence-electron chi connectivity index (χ1n) is 9.75. The summed E-state index contributed by atoms with van der Waals surface area (Å²) in [5.41, 5.74) is 4.25.